The van der Waals surface area contributed by atoms with Crippen LogP contribution in [0.4, 0.5) is 14.1 Å². The Balaban J connectivity index is 0. The fourth-order valence-electron chi connectivity index (χ4n) is 0. The third-order valence-corrected chi connectivity index (χ3v) is 0. The molecule has 0 atom stereocenters. The number of halogens is 3. The Hall–Kier alpha value is 2.21. The quantitative estimate of drug-likeness (QED) is 0.443. The minimum Gasteiger partial charge on any atom is -2.00 e. The van der Waals surface area contributed by atoms with E-state index in [-0.39, 0.29) is 134 Å². The van der Waals surface area contributed by atoms with Crippen molar-refractivity contribution in [2.45, 2.75) is 0 Å². The van der Waals surface area contributed by atoms with Gasteiger partial charge in [0.2, 0.25) is 0 Å². The Morgan fingerprint density at radius 1 is 0.214 bits per heavy atom. The molecular formula is H3Al5F3O6+3. The maximum absolute atomic E-state index is 0. The predicted octanol–water partition coefficient (Wildman–Crippen LogP) is -2.16. The molecule has 0 rings (SSSR count). The second-order valence-corrected chi connectivity index (χ2v) is 0. The zero-order valence-electron chi connectivity index (χ0n) is 6.56. The first-order chi connectivity index (χ1) is 0. The van der Waals surface area contributed by atoms with E-state index in [0.717, 1.165) is 0 Å². The minimum atomic E-state index is 0. The molecule has 0 amide bonds. The molecule has 0 spiro atoms. The summed E-state index contributed by atoms with van der Waals surface area (Å²) in [6, 6.07) is 0. The van der Waals surface area contributed by atoms with E-state index >= 15 is 0 Å². The summed E-state index contributed by atoms with van der Waals surface area (Å²) in [5, 5.41) is 0. The van der Waals surface area contributed by atoms with Gasteiger partial charge in [-0.1, -0.05) is 0 Å². The maximum atomic E-state index is 0. The van der Waals surface area contributed by atoms with Crippen LogP contribution in [0.1, 0.15) is 0 Å². The Labute approximate surface area is 133 Å². The Bertz CT molecular complexity index is 21.4. The van der Waals surface area contributed by atoms with Crippen LogP contribution in [-0.4, -0.2) is 86.8 Å². The first-order valence-electron chi connectivity index (χ1n) is 0. The van der Waals surface area contributed by atoms with Crippen LogP contribution in [0.15, 0.2) is 0 Å². The van der Waals surface area contributed by atoms with Crippen molar-refractivity contribution in [3.8, 4) is 0 Å². The van der Waals surface area contributed by atoms with Crippen molar-refractivity contribution in [2.75, 3.05) is 0 Å². The normalized spacial score (nSPS) is 0. The average Bonchev–Trinajstić information content (AvgIpc) is 0. The predicted molar refractivity (Wildman–Crippen MR) is 40.4 cm³/mol. The Kier molecular flexibility index (Phi) is 34400. The number of hydrogen-bond acceptors (Lipinski definition) is 0. The summed E-state index contributed by atoms with van der Waals surface area (Å²) in [5.41, 5.74) is 0. The van der Waals surface area contributed by atoms with E-state index in [4.69, 9.17) is 0 Å². The summed E-state index contributed by atoms with van der Waals surface area (Å²) in [5.74, 6) is 0. The van der Waals surface area contributed by atoms with Gasteiger partial charge in [0.25, 0.3) is 0 Å². The molecule has 0 saturated heterocycles. The molecular weight excluding hydrogens is 288 g/mol. The fraction of sp³-hybridized carbons (Fsp3) is 0. The first-order valence-corrected chi connectivity index (χ1v) is 0. The summed E-state index contributed by atoms with van der Waals surface area (Å²) >= 11 is 0. The minimum absolute atomic E-state index is 0. The van der Waals surface area contributed by atoms with Crippen molar-refractivity contribution in [1.29, 1.82) is 0 Å². The van der Waals surface area contributed by atoms with Gasteiger partial charge >= 0.3 is 86.8 Å². The van der Waals surface area contributed by atoms with Gasteiger partial charge in [0.1, 0.15) is 0 Å². The van der Waals surface area contributed by atoms with Gasteiger partial charge in [-0.25, -0.2) is 0 Å². The topological polar surface area (TPSA) is 171 Å². The van der Waals surface area contributed by atoms with Crippen LogP contribution >= 0.6 is 0 Å². The summed E-state index contributed by atoms with van der Waals surface area (Å²) in [6.07, 6.45) is 0. The van der Waals surface area contributed by atoms with Gasteiger partial charge < -0.3 is 32.9 Å². The molecule has 0 saturated carbocycles. The van der Waals surface area contributed by atoms with Crippen molar-refractivity contribution >= 4 is 86.8 Å². The average molecular weight is 291 g/mol. The van der Waals surface area contributed by atoms with Crippen LogP contribution in [0, 0.1) is 0 Å². The van der Waals surface area contributed by atoms with Crippen molar-refractivity contribution in [3.05, 3.63) is 0 Å². The van der Waals surface area contributed by atoms with Crippen LogP contribution < -0.4 is 0 Å². The van der Waals surface area contributed by atoms with E-state index in [1.54, 1.807) is 0 Å². The molecule has 6 nitrogen and oxygen atoms in total. The van der Waals surface area contributed by atoms with E-state index < -0.39 is 0 Å². The van der Waals surface area contributed by atoms with Gasteiger partial charge in [-0.3, -0.25) is 14.1 Å². The standard InChI is InChI=1S/5Al.3FH.6O/h;;;;;3*1H;;;;;;/q5*+3;;;;6*-2. The van der Waals surface area contributed by atoms with Gasteiger partial charge in [0.15, 0.2) is 0 Å². The molecule has 0 fully saturated rings. The van der Waals surface area contributed by atoms with Crippen molar-refractivity contribution in [3.63, 3.8) is 0 Å². The largest absolute Gasteiger partial charge is 3.00 e. The fourth-order valence-corrected chi connectivity index (χ4v) is 0. The van der Waals surface area contributed by atoms with Crippen LogP contribution in [0.25, 0.3) is 0 Å². The van der Waals surface area contributed by atoms with E-state index in [9.17, 15) is 0 Å². The zero-order valence-corrected chi connectivity index (χ0v) is 12.3. The van der Waals surface area contributed by atoms with Gasteiger partial charge in [-0.15, -0.1) is 0 Å². The number of rotatable bonds is 0. The molecule has 14 heteroatoms. The maximum Gasteiger partial charge on any atom is 3.00 e. The van der Waals surface area contributed by atoms with Crippen LogP contribution in [-0.2, 0) is 32.9 Å². The second-order valence-electron chi connectivity index (χ2n) is 0. The molecule has 0 aliphatic rings. The molecule has 0 aromatic heterocycles. The molecule has 0 bridgehead atoms. The van der Waals surface area contributed by atoms with Crippen molar-refractivity contribution < 1.29 is 47.0 Å². The molecule has 14 heavy (non-hydrogen) atoms. The molecule has 0 radical (unpaired) electrons. The Morgan fingerprint density at radius 3 is 0.214 bits per heavy atom. The smallest absolute Gasteiger partial charge is 2.00 e. The molecule has 72 valence electrons. The molecule has 0 aliphatic heterocycles. The Morgan fingerprint density at radius 2 is 0.214 bits per heavy atom. The molecule has 0 aliphatic carbocycles. The van der Waals surface area contributed by atoms with Crippen LogP contribution in [0.5, 0.6) is 0 Å². The first kappa shape index (κ1) is 767. The third-order valence-electron chi connectivity index (χ3n) is 0. The number of hydrogen-bond donors (Lipinski definition) is 0. The molecule has 0 aromatic rings. The molecule has 0 heterocycles. The molecule has 0 aromatic carbocycles. The van der Waals surface area contributed by atoms with Crippen LogP contribution in [0.2, 0.25) is 0 Å². The SMILES string of the molecule is F.F.F.[Al+3].[Al+3].[Al+3].[Al+3].[Al+3].[O-2].[O-2].[O-2].[O-2].[O-2].[O-2]. The van der Waals surface area contributed by atoms with Crippen LogP contribution in [0.3, 0.4) is 0 Å². The summed E-state index contributed by atoms with van der Waals surface area (Å²) in [4.78, 5) is 0. The van der Waals surface area contributed by atoms with Gasteiger partial charge in [-0.2, -0.15) is 0 Å². The van der Waals surface area contributed by atoms with E-state index in [2.05, 4.69) is 0 Å². The van der Waals surface area contributed by atoms with E-state index in [1.165, 1.54) is 0 Å². The van der Waals surface area contributed by atoms with E-state index in [1.807, 2.05) is 0 Å². The zero-order chi connectivity index (χ0) is 0. The summed E-state index contributed by atoms with van der Waals surface area (Å²) in [7, 11) is 0. The second kappa shape index (κ2) is 628. The monoisotopic (exact) mass is 291 g/mol. The summed E-state index contributed by atoms with van der Waals surface area (Å²) in [6.45, 7) is 0. The third kappa shape index (κ3) is 507. The summed E-state index contributed by atoms with van der Waals surface area (Å²) < 4.78 is 0. The van der Waals surface area contributed by atoms with Gasteiger partial charge in [0.05, 0.1) is 0 Å². The van der Waals surface area contributed by atoms with Crippen molar-refractivity contribution in [1.82, 2.24) is 0 Å². The van der Waals surface area contributed by atoms with Crippen molar-refractivity contribution in [2.24, 2.45) is 0 Å². The van der Waals surface area contributed by atoms with Gasteiger partial charge in [-0.05, 0) is 0 Å². The molecule has 0 unspecified atom stereocenters. The van der Waals surface area contributed by atoms with E-state index in [0.29, 0.717) is 0 Å². The molecule has 0 N–H and O–H groups in total. The van der Waals surface area contributed by atoms with Gasteiger partial charge in [0, 0.05) is 0 Å².